The summed E-state index contributed by atoms with van der Waals surface area (Å²) in [5, 5.41) is 7.55. The van der Waals surface area contributed by atoms with E-state index in [1.54, 1.807) is 0 Å². The number of halogens is 1. The Bertz CT molecular complexity index is 694. The Kier molecular flexibility index (Phi) is 6.31. The molecule has 4 nitrogen and oxygen atoms in total. The monoisotopic (exact) mass is 357 g/mol. The molecule has 25 heavy (non-hydrogen) atoms. The average Bonchev–Trinajstić information content (AvgIpc) is 2.64. The van der Waals surface area contributed by atoms with Gasteiger partial charge < -0.3 is 4.74 Å². The number of hydrazone groups is 1. The Hall–Kier alpha value is -2.04. The van der Waals surface area contributed by atoms with Crippen molar-refractivity contribution in [3.63, 3.8) is 0 Å². The van der Waals surface area contributed by atoms with Crippen LogP contribution in [0.1, 0.15) is 18.1 Å². The molecule has 1 aliphatic rings. The maximum absolute atomic E-state index is 5.94. The van der Waals surface area contributed by atoms with E-state index in [0.29, 0.717) is 6.61 Å². The molecule has 0 spiro atoms. The van der Waals surface area contributed by atoms with Crippen LogP contribution in [-0.4, -0.2) is 48.9 Å². The fourth-order valence-corrected chi connectivity index (χ4v) is 3.00. The van der Waals surface area contributed by atoms with Crippen LogP contribution in [0.4, 0.5) is 0 Å². The van der Waals surface area contributed by atoms with Crippen molar-refractivity contribution in [1.29, 1.82) is 0 Å². The van der Waals surface area contributed by atoms with Gasteiger partial charge in [-0.05, 0) is 36.8 Å². The Morgan fingerprint density at radius 3 is 2.48 bits per heavy atom. The molecule has 0 bridgehead atoms. The normalized spacial score (nSPS) is 15.7. The highest BCUT2D eigenvalue weighted by atomic mass is 35.5. The molecule has 0 amide bonds. The summed E-state index contributed by atoms with van der Waals surface area (Å²) in [5.41, 5.74) is 2.32. The Labute approximate surface area is 154 Å². The summed E-state index contributed by atoms with van der Waals surface area (Å²) in [7, 11) is 0. The minimum Gasteiger partial charge on any atom is -0.493 e. The summed E-state index contributed by atoms with van der Waals surface area (Å²) >= 11 is 5.94. The Morgan fingerprint density at radius 1 is 1.04 bits per heavy atom. The third kappa shape index (κ3) is 5.21. The number of para-hydroxylation sites is 1. The summed E-state index contributed by atoms with van der Waals surface area (Å²) in [6.45, 7) is 7.49. The summed E-state index contributed by atoms with van der Waals surface area (Å²) in [4.78, 5) is 2.45. The number of rotatable bonds is 6. The van der Waals surface area contributed by atoms with E-state index in [9.17, 15) is 0 Å². The first-order chi connectivity index (χ1) is 12.2. The zero-order valence-electron chi connectivity index (χ0n) is 14.6. The van der Waals surface area contributed by atoms with Crippen molar-refractivity contribution in [3.8, 4) is 5.75 Å². The predicted octanol–water partition coefficient (Wildman–Crippen LogP) is 3.89. The van der Waals surface area contributed by atoms with Crippen LogP contribution in [0.25, 0.3) is 0 Å². The van der Waals surface area contributed by atoms with Gasteiger partial charge >= 0.3 is 0 Å². The highest BCUT2D eigenvalue weighted by Gasteiger charge is 2.15. The molecular weight excluding hydrogens is 334 g/mol. The van der Waals surface area contributed by atoms with Gasteiger partial charge in [0.2, 0.25) is 0 Å². The van der Waals surface area contributed by atoms with Gasteiger partial charge in [0.1, 0.15) is 5.75 Å². The van der Waals surface area contributed by atoms with E-state index >= 15 is 0 Å². The zero-order valence-corrected chi connectivity index (χ0v) is 15.3. The van der Waals surface area contributed by atoms with E-state index < -0.39 is 0 Å². The van der Waals surface area contributed by atoms with Gasteiger partial charge in [0, 0.05) is 43.3 Å². The zero-order chi connectivity index (χ0) is 17.5. The Morgan fingerprint density at radius 2 is 1.76 bits per heavy atom. The number of hydrogen-bond acceptors (Lipinski definition) is 4. The molecule has 1 heterocycles. The lowest BCUT2D eigenvalue weighted by molar-refractivity contribution is 0.131. The second-order valence-electron chi connectivity index (χ2n) is 6.07. The molecule has 0 radical (unpaired) electrons. The number of nitrogens with zero attached hydrogens (tertiary/aromatic N) is 3. The lowest BCUT2D eigenvalue weighted by Gasteiger charge is -2.33. The van der Waals surface area contributed by atoms with Gasteiger partial charge in [-0.25, -0.2) is 0 Å². The van der Waals surface area contributed by atoms with Crippen molar-refractivity contribution in [1.82, 2.24) is 9.91 Å². The number of ether oxygens (including phenoxy) is 1. The number of hydrogen-bond donors (Lipinski definition) is 0. The first-order valence-corrected chi connectivity index (χ1v) is 9.10. The van der Waals surface area contributed by atoms with Gasteiger partial charge in [0.25, 0.3) is 0 Å². The van der Waals surface area contributed by atoms with Crippen LogP contribution in [0.5, 0.6) is 5.75 Å². The smallest absolute Gasteiger partial charge is 0.128 e. The van der Waals surface area contributed by atoms with E-state index in [-0.39, 0.29) is 0 Å². The first-order valence-electron chi connectivity index (χ1n) is 8.72. The van der Waals surface area contributed by atoms with Crippen LogP contribution in [-0.2, 0) is 6.54 Å². The van der Waals surface area contributed by atoms with Crippen LogP contribution in [0.15, 0.2) is 53.6 Å². The molecule has 0 aliphatic carbocycles. The van der Waals surface area contributed by atoms with E-state index in [0.717, 1.165) is 49.1 Å². The average molecular weight is 358 g/mol. The van der Waals surface area contributed by atoms with E-state index in [4.69, 9.17) is 16.3 Å². The standard InChI is InChI=1S/C20H24ClN3O/c1-2-25-20-6-4-3-5-18(20)15-22-24-13-11-23(12-14-24)16-17-7-9-19(21)10-8-17/h3-10,15H,2,11-14,16H2,1H3/b22-15+. The molecule has 1 aliphatic heterocycles. The van der Waals surface area contributed by atoms with Crippen molar-refractivity contribution in [2.24, 2.45) is 5.10 Å². The Balaban J connectivity index is 1.51. The van der Waals surface area contributed by atoms with Crippen LogP contribution in [0, 0.1) is 0 Å². The number of piperazine rings is 1. The molecule has 5 heteroatoms. The van der Waals surface area contributed by atoms with Gasteiger partial charge in [0.15, 0.2) is 0 Å². The predicted molar refractivity (Wildman–Crippen MR) is 104 cm³/mol. The topological polar surface area (TPSA) is 28.1 Å². The summed E-state index contributed by atoms with van der Waals surface area (Å²) in [6, 6.07) is 16.1. The SMILES string of the molecule is CCOc1ccccc1/C=N/N1CCN(Cc2ccc(Cl)cc2)CC1. The van der Waals surface area contributed by atoms with E-state index in [2.05, 4.69) is 27.1 Å². The maximum atomic E-state index is 5.94. The largest absolute Gasteiger partial charge is 0.493 e. The highest BCUT2D eigenvalue weighted by Crippen LogP contribution is 2.16. The summed E-state index contributed by atoms with van der Waals surface area (Å²) < 4.78 is 5.64. The van der Waals surface area contributed by atoms with Crippen molar-refractivity contribution in [2.75, 3.05) is 32.8 Å². The minimum absolute atomic E-state index is 0.661. The maximum Gasteiger partial charge on any atom is 0.128 e. The van der Waals surface area contributed by atoms with Crippen LogP contribution in [0.3, 0.4) is 0 Å². The molecule has 2 aromatic carbocycles. The molecule has 0 saturated carbocycles. The van der Waals surface area contributed by atoms with Crippen LogP contribution < -0.4 is 4.74 Å². The van der Waals surface area contributed by atoms with Gasteiger partial charge in [-0.1, -0.05) is 35.9 Å². The third-order valence-corrected chi connectivity index (χ3v) is 4.50. The van der Waals surface area contributed by atoms with Crippen molar-refractivity contribution in [3.05, 3.63) is 64.7 Å². The fourth-order valence-electron chi connectivity index (χ4n) is 2.88. The third-order valence-electron chi connectivity index (χ3n) is 4.25. The fraction of sp³-hybridized carbons (Fsp3) is 0.350. The summed E-state index contributed by atoms with van der Waals surface area (Å²) in [6.07, 6.45) is 1.90. The molecule has 0 N–H and O–H groups in total. The molecule has 0 unspecified atom stereocenters. The lowest BCUT2D eigenvalue weighted by Crippen LogP contribution is -2.43. The second-order valence-corrected chi connectivity index (χ2v) is 6.51. The van der Waals surface area contributed by atoms with E-state index in [1.165, 1.54) is 5.56 Å². The molecule has 0 atom stereocenters. The molecule has 1 saturated heterocycles. The molecule has 0 aromatic heterocycles. The molecule has 3 rings (SSSR count). The molecular formula is C20H24ClN3O. The quantitative estimate of drug-likeness (QED) is 0.734. The van der Waals surface area contributed by atoms with Crippen molar-refractivity contribution >= 4 is 17.8 Å². The minimum atomic E-state index is 0.661. The lowest BCUT2D eigenvalue weighted by atomic mass is 10.2. The van der Waals surface area contributed by atoms with Crippen molar-refractivity contribution in [2.45, 2.75) is 13.5 Å². The molecule has 132 valence electrons. The molecule has 2 aromatic rings. The van der Waals surface area contributed by atoms with Gasteiger partial charge in [0.05, 0.1) is 12.8 Å². The van der Waals surface area contributed by atoms with Crippen molar-refractivity contribution < 1.29 is 4.74 Å². The van der Waals surface area contributed by atoms with Gasteiger partial charge in [-0.2, -0.15) is 5.10 Å². The van der Waals surface area contributed by atoms with Crippen LogP contribution in [0.2, 0.25) is 5.02 Å². The highest BCUT2D eigenvalue weighted by molar-refractivity contribution is 6.30. The van der Waals surface area contributed by atoms with E-state index in [1.807, 2.05) is 49.5 Å². The number of benzene rings is 2. The van der Waals surface area contributed by atoms with Gasteiger partial charge in [-0.3, -0.25) is 9.91 Å². The summed E-state index contributed by atoms with van der Waals surface area (Å²) in [5.74, 6) is 0.884. The van der Waals surface area contributed by atoms with Crippen LogP contribution >= 0.6 is 11.6 Å². The second kappa shape index (κ2) is 8.88. The molecule has 1 fully saturated rings. The van der Waals surface area contributed by atoms with Gasteiger partial charge in [-0.15, -0.1) is 0 Å². The first kappa shape index (κ1) is 17.8.